The smallest absolute Gasteiger partial charge is 0.191 e. The van der Waals surface area contributed by atoms with Crippen molar-refractivity contribution in [3.05, 3.63) is 40.4 Å². The fourth-order valence-corrected chi connectivity index (χ4v) is 3.97. The van der Waals surface area contributed by atoms with E-state index < -0.39 is 0 Å². The summed E-state index contributed by atoms with van der Waals surface area (Å²) < 4.78 is 15.4. The fourth-order valence-electron chi connectivity index (χ4n) is 2.79. The Hall–Kier alpha value is -1.11. The Morgan fingerprint density at radius 2 is 2.13 bits per heavy atom. The molecule has 0 unspecified atom stereocenters. The third-order valence-corrected chi connectivity index (χ3v) is 5.66. The normalized spacial score (nSPS) is 16.0. The summed E-state index contributed by atoms with van der Waals surface area (Å²) in [7, 11) is 1.99. The molecular formula is C16H20ClFN4S. The molecule has 4 nitrogen and oxygen atoms in total. The Balaban J connectivity index is 1.63. The van der Waals surface area contributed by atoms with Crippen molar-refractivity contribution in [2.45, 2.75) is 30.2 Å². The van der Waals surface area contributed by atoms with Crippen LogP contribution < -0.4 is 5.32 Å². The topological polar surface area (TPSA) is 42.7 Å². The Bertz CT molecular complexity index is 670. The second-order valence-corrected chi connectivity index (χ2v) is 7.23. The Labute approximate surface area is 144 Å². The molecule has 1 aliphatic heterocycles. The van der Waals surface area contributed by atoms with Crippen LogP contribution in [-0.4, -0.2) is 27.9 Å². The molecule has 124 valence electrons. The van der Waals surface area contributed by atoms with Gasteiger partial charge in [0.25, 0.3) is 0 Å². The van der Waals surface area contributed by atoms with Crippen molar-refractivity contribution in [1.82, 2.24) is 20.1 Å². The highest BCUT2D eigenvalue weighted by molar-refractivity contribution is 7.98. The first kappa shape index (κ1) is 16.7. The van der Waals surface area contributed by atoms with E-state index >= 15 is 0 Å². The number of nitrogens with zero attached hydrogens (tertiary/aromatic N) is 3. The zero-order valence-corrected chi connectivity index (χ0v) is 14.6. The molecule has 0 atom stereocenters. The van der Waals surface area contributed by atoms with Gasteiger partial charge in [-0.25, -0.2) is 4.39 Å². The first-order valence-electron chi connectivity index (χ1n) is 7.79. The van der Waals surface area contributed by atoms with Crippen LogP contribution >= 0.6 is 23.4 Å². The predicted octanol–water partition coefficient (Wildman–Crippen LogP) is 3.44. The van der Waals surface area contributed by atoms with Crippen molar-refractivity contribution < 1.29 is 4.39 Å². The summed E-state index contributed by atoms with van der Waals surface area (Å²) in [5.74, 6) is 2.00. The van der Waals surface area contributed by atoms with Crippen molar-refractivity contribution in [3.63, 3.8) is 0 Å². The standard InChI is InChI=1S/C16H20ClFN4S/c1-22-15(8-11-4-6-19-7-5-11)20-21-16(22)23-10-12-9-13(18)2-3-14(12)17/h2-3,9,11,19H,4-8,10H2,1H3. The van der Waals surface area contributed by atoms with Gasteiger partial charge < -0.3 is 9.88 Å². The van der Waals surface area contributed by atoms with Crippen LogP contribution in [0, 0.1) is 11.7 Å². The first-order chi connectivity index (χ1) is 11.1. The maximum absolute atomic E-state index is 13.3. The van der Waals surface area contributed by atoms with Crippen molar-refractivity contribution in [2.24, 2.45) is 13.0 Å². The van der Waals surface area contributed by atoms with Crippen LogP contribution in [0.5, 0.6) is 0 Å². The number of aromatic nitrogens is 3. The molecule has 0 aliphatic carbocycles. The minimum Gasteiger partial charge on any atom is -0.317 e. The summed E-state index contributed by atoms with van der Waals surface area (Å²) in [6, 6.07) is 4.43. The van der Waals surface area contributed by atoms with Crippen LogP contribution in [0.2, 0.25) is 5.02 Å². The quantitative estimate of drug-likeness (QED) is 0.835. The fraction of sp³-hybridized carbons (Fsp3) is 0.500. The highest BCUT2D eigenvalue weighted by Gasteiger charge is 2.18. The van der Waals surface area contributed by atoms with E-state index in [4.69, 9.17) is 11.6 Å². The molecule has 3 rings (SSSR count). The molecule has 0 radical (unpaired) electrons. The number of thioether (sulfide) groups is 1. The number of nitrogens with one attached hydrogen (secondary N) is 1. The average molecular weight is 355 g/mol. The number of hydrogen-bond donors (Lipinski definition) is 1. The third kappa shape index (κ3) is 4.25. The number of piperidine rings is 1. The van der Waals surface area contributed by atoms with E-state index in [2.05, 4.69) is 15.5 Å². The van der Waals surface area contributed by atoms with Crippen molar-refractivity contribution >= 4 is 23.4 Å². The molecule has 1 N–H and O–H groups in total. The number of rotatable bonds is 5. The molecule has 0 bridgehead atoms. The SMILES string of the molecule is Cn1c(CC2CCNCC2)nnc1SCc1cc(F)ccc1Cl. The number of hydrogen-bond acceptors (Lipinski definition) is 4. The zero-order valence-electron chi connectivity index (χ0n) is 13.1. The van der Waals surface area contributed by atoms with Gasteiger partial charge in [0.15, 0.2) is 5.16 Å². The lowest BCUT2D eigenvalue weighted by Crippen LogP contribution is -2.29. The third-order valence-electron chi connectivity index (χ3n) is 4.22. The number of halogens is 2. The van der Waals surface area contributed by atoms with Gasteiger partial charge in [-0.2, -0.15) is 0 Å². The second kappa shape index (κ2) is 7.64. The molecule has 7 heteroatoms. The highest BCUT2D eigenvalue weighted by Crippen LogP contribution is 2.27. The highest BCUT2D eigenvalue weighted by atomic mass is 35.5. The Morgan fingerprint density at radius 3 is 2.91 bits per heavy atom. The van der Waals surface area contributed by atoms with Crippen LogP contribution in [0.15, 0.2) is 23.4 Å². The molecule has 0 saturated carbocycles. The molecule has 1 fully saturated rings. The summed E-state index contributed by atoms with van der Waals surface area (Å²) in [6.07, 6.45) is 3.34. The van der Waals surface area contributed by atoms with Crippen LogP contribution in [0.4, 0.5) is 4.39 Å². The summed E-state index contributed by atoms with van der Waals surface area (Å²) in [6.45, 7) is 2.17. The van der Waals surface area contributed by atoms with E-state index in [0.717, 1.165) is 36.1 Å². The van der Waals surface area contributed by atoms with Crippen molar-refractivity contribution in [3.8, 4) is 0 Å². The van der Waals surface area contributed by atoms with Gasteiger partial charge in [0.05, 0.1) is 0 Å². The van der Waals surface area contributed by atoms with Gasteiger partial charge in [-0.3, -0.25) is 0 Å². The summed E-state index contributed by atoms with van der Waals surface area (Å²) >= 11 is 7.64. The molecule has 1 aliphatic rings. The molecule has 0 amide bonds. The molecule has 2 heterocycles. The van der Waals surface area contributed by atoms with Crippen molar-refractivity contribution in [1.29, 1.82) is 0 Å². The first-order valence-corrected chi connectivity index (χ1v) is 9.15. The molecule has 2 aromatic rings. The molecule has 23 heavy (non-hydrogen) atoms. The van der Waals surface area contributed by atoms with E-state index in [1.54, 1.807) is 6.07 Å². The van der Waals surface area contributed by atoms with E-state index in [9.17, 15) is 4.39 Å². The minimum atomic E-state index is -0.269. The van der Waals surface area contributed by atoms with Crippen LogP contribution in [0.1, 0.15) is 24.2 Å². The minimum absolute atomic E-state index is 0.269. The van der Waals surface area contributed by atoms with E-state index in [1.165, 1.54) is 36.7 Å². The molecular weight excluding hydrogens is 335 g/mol. The van der Waals surface area contributed by atoms with Crippen LogP contribution in [-0.2, 0) is 19.2 Å². The zero-order chi connectivity index (χ0) is 16.2. The van der Waals surface area contributed by atoms with E-state index in [0.29, 0.717) is 16.7 Å². The van der Waals surface area contributed by atoms with Crippen LogP contribution in [0.25, 0.3) is 0 Å². The lowest BCUT2D eigenvalue weighted by atomic mass is 9.94. The van der Waals surface area contributed by atoms with E-state index in [1.807, 2.05) is 11.6 Å². The van der Waals surface area contributed by atoms with Gasteiger partial charge in [0.1, 0.15) is 11.6 Å². The maximum Gasteiger partial charge on any atom is 0.191 e. The summed E-state index contributed by atoms with van der Waals surface area (Å²) in [5.41, 5.74) is 0.777. The predicted molar refractivity (Wildman–Crippen MR) is 91.3 cm³/mol. The Morgan fingerprint density at radius 1 is 1.35 bits per heavy atom. The second-order valence-electron chi connectivity index (χ2n) is 5.88. The van der Waals surface area contributed by atoms with Gasteiger partial charge in [-0.1, -0.05) is 23.4 Å². The maximum atomic E-state index is 13.3. The lowest BCUT2D eigenvalue weighted by molar-refractivity contribution is 0.363. The van der Waals surface area contributed by atoms with Gasteiger partial charge in [-0.15, -0.1) is 10.2 Å². The van der Waals surface area contributed by atoms with Gasteiger partial charge in [0, 0.05) is 24.2 Å². The molecule has 1 aromatic carbocycles. The van der Waals surface area contributed by atoms with E-state index in [-0.39, 0.29) is 5.82 Å². The molecule has 0 spiro atoms. The van der Waals surface area contributed by atoms with Crippen molar-refractivity contribution in [2.75, 3.05) is 13.1 Å². The van der Waals surface area contributed by atoms with Gasteiger partial charge in [0.2, 0.25) is 0 Å². The van der Waals surface area contributed by atoms with Gasteiger partial charge >= 0.3 is 0 Å². The monoisotopic (exact) mass is 354 g/mol. The lowest BCUT2D eigenvalue weighted by Gasteiger charge is -2.21. The van der Waals surface area contributed by atoms with Gasteiger partial charge in [-0.05, 0) is 55.6 Å². The molecule has 1 saturated heterocycles. The number of benzene rings is 1. The average Bonchev–Trinajstić information content (AvgIpc) is 2.90. The summed E-state index contributed by atoms with van der Waals surface area (Å²) in [4.78, 5) is 0. The Kier molecular flexibility index (Phi) is 5.56. The van der Waals surface area contributed by atoms with Crippen LogP contribution in [0.3, 0.4) is 0 Å². The summed E-state index contributed by atoms with van der Waals surface area (Å²) in [5, 5.41) is 13.4. The largest absolute Gasteiger partial charge is 0.317 e. The molecule has 1 aromatic heterocycles.